The first-order chi connectivity index (χ1) is 9.14. The molecule has 0 aromatic carbocycles. The van der Waals surface area contributed by atoms with Gasteiger partial charge in [0.2, 0.25) is 5.91 Å². The molecule has 1 unspecified atom stereocenters. The topological polar surface area (TPSA) is 78.9 Å². The summed E-state index contributed by atoms with van der Waals surface area (Å²) in [6, 6.07) is 0. The monoisotopic (exact) mass is 285 g/mol. The van der Waals surface area contributed by atoms with E-state index in [9.17, 15) is 4.79 Å². The van der Waals surface area contributed by atoms with E-state index in [1.165, 1.54) is 0 Å². The zero-order valence-corrected chi connectivity index (χ0v) is 12.3. The Kier molecular flexibility index (Phi) is 4.60. The lowest BCUT2D eigenvalue weighted by atomic mass is 9.83. The first-order valence-corrected chi connectivity index (χ1v) is 8.08. The molecule has 2 fully saturated rings. The van der Waals surface area contributed by atoms with Crippen molar-refractivity contribution < 1.29 is 10.0 Å². The van der Waals surface area contributed by atoms with Crippen LogP contribution in [0.15, 0.2) is 5.16 Å². The van der Waals surface area contributed by atoms with Crippen LogP contribution in [0.4, 0.5) is 0 Å². The van der Waals surface area contributed by atoms with Gasteiger partial charge in [-0.25, -0.2) is 0 Å². The molecule has 1 heterocycles. The molecule has 0 aromatic rings. The average molecular weight is 285 g/mol. The molecule has 0 aromatic heterocycles. The number of hydrogen-bond acceptors (Lipinski definition) is 4. The van der Waals surface area contributed by atoms with Crippen LogP contribution >= 0.6 is 11.8 Å². The molecule has 1 aliphatic heterocycles. The van der Waals surface area contributed by atoms with Gasteiger partial charge in [-0.2, -0.15) is 11.8 Å². The lowest BCUT2D eigenvalue weighted by Crippen LogP contribution is -2.53. The second-order valence-electron chi connectivity index (χ2n) is 5.43. The summed E-state index contributed by atoms with van der Waals surface area (Å²) in [5, 5.41) is 12.7. The number of amides is 1. The number of nitrogens with two attached hydrogens (primary N) is 1. The second-order valence-corrected chi connectivity index (χ2v) is 6.83. The summed E-state index contributed by atoms with van der Waals surface area (Å²) < 4.78 is 0. The predicted octanol–water partition coefficient (Wildman–Crippen LogP) is 1.65. The Balaban J connectivity index is 2.16. The highest BCUT2D eigenvalue weighted by Crippen LogP contribution is 2.40. The highest BCUT2D eigenvalue weighted by molar-refractivity contribution is 8.00. The molecule has 108 valence electrons. The Morgan fingerprint density at radius 3 is 2.79 bits per heavy atom. The fourth-order valence-electron chi connectivity index (χ4n) is 3.11. The van der Waals surface area contributed by atoms with E-state index in [1.807, 2.05) is 16.7 Å². The van der Waals surface area contributed by atoms with Gasteiger partial charge in [0.1, 0.15) is 5.41 Å². The first kappa shape index (κ1) is 14.5. The predicted molar refractivity (Wildman–Crippen MR) is 77.4 cm³/mol. The molecule has 0 bridgehead atoms. The SMILES string of the molecule is CCC1CN(C(=O)C2(C(N)=NO)CCCC2)CCS1. The number of rotatable bonds is 3. The van der Waals surface area contributed by atoms with E-state index < -0.39 is 5.41 Å². The maximum absolute atomic E-state index is 12.8. The number of thioether (sulfide) groups is 1. The van der Waals surface area contributed by atoms with Crippen LogP contribution in [0.5, 0.6) is 0 Å². The lowest BCUT2D eigenvalue weighted by molar-refractivity contribution is -0.138. The molecule has 3 N–H and O–H groups in total. The van der Waals surface area contributed by atoms with Crippen molar-refractivity contribution in [1.29, 1.82) is 0 Å². The molecule has 0 spiro atoms. The Morgan fingerprint density at radius 1 is 1.53 bits per heavy atom. The fraction of sp³-hybridized carbons (Fsp3) is 0.846. The molecule has 1 amide bonds. The van der Waals surface area contributed by atoms with Crippen molar-refractivity contribution in [2.24, 2.45) is 16.3 Å². The van der Waals surface area contributed by atoms with Crippen LogP contribution in [-0.4, -0.2) is 45.9 Å². The highest BCUT2D eigenvalue weighted by atomic mass is 32.2. The number of hydrogen-bond donors (Lipinski definition) is 2. The molecule has 2 rings (SSSR count). The molecule has 1 atom stereocenters. The highest BCUT2D eigenvalue weighted by Gasteiger charge is 2.48. The van der Waals surface area contributed by atoms with Crippen LogP contribution in [0.3, 0.4) is 0 Å². The van der Waals surface area contributed by atoms with E-state index in [0.717, 1.165) is 38.1 Å². The Bertz CT molecular complexity index is 367. The summed E-state index contributed by atoms with van der Waals surface area (Å²) in [5.41, 5.74) is 5.09. The zero-order valence-electron chi connectivity index (χ0n) is 11.5. The molecule has 1 aliphatic carbocycles. The molecule has 1 saturated carbocycles. The maximum Gasteiger partial charge on any atom is 0.236 e. The van der Waals surface area contributed by atoms with Gasteiger partial charge in [0, 0.05) is 24.1 Å². The zero-order chi connectivity index (χ0) is 13.9. The van der Waals surface area contributed by atoms with Gasteiger partial charge >= 0.3 is 0 Å². The van der Waals surface area contributed by atoms with Crippen molar-refractivity contribution in [1.82, 2.24) is 4.90 Å². The molecular formula is C13H23N3O2S. The summed E-state index contributed by atoms with van der Waals surface area (Å²) in [6.45, 7) is 3.72. The standard InChI is InChI=1S/C13H23N3O2S/c1-2-10-9-16(7-8-19-10)12(17)13(11(14)15-18)5-3-4-6-13/h10,18H,2-9H2,1H3,(H2,14,15). The van der Waals surface area contributed by atoms with Crippen molar-refractivity contribution >= 4 is 23.5 Å². The number of nitrogens with zero attached hydrogens (tertiary/aromatic N) is 2. The number of carbonyl (C=O) groups excluding carboxylic acids is 1. The normalized spacial score (nSPS) is 27.5. The Hall–Kier alpha value is -0.910. The third kappa shape index (κ3) is 2.68. The van der Waals surface area contributed by atoms with Crippen LogP contribution in [0, 0.1) is 5.41 Å². The Labute approximate surface area is 118 Å². The van der Waals surface area contributed by atoms with Crippen molar-refractivity contribution in [3.05, 3.63) is 0 Å². The van der Waals surface area contributed by atoms with Crippen molar-refractivity contribution in [2.45, 2.75) is 44.3 Å². The van der Waals surface area contributed by atoms with Gasteiger partial charge in [0.15, 0.2) is 5.84 Å². The second kappa shape index (κ2) is 6.03. The van der Waals surface area contributed by atoms with E-state index in [0.29, 0.717) is 18.1 Å². The minimum Gasteiger partial charge on any atom is -0.409 e. The summed E-state index contributed by atoms with van der Waals surface area (Å²) in [7, 11) is 0. The molecule has 0 radical (unpaired) electrons. The summed E-state index contributed by atoms with van der Waals surface area (Å²) >= 11 is 1.94. The van der Waals surface area contributed by atoms with Crippen LogP contribution in [-0.2, 0) is 4.79 Å². The van der Waals surface area contributed by atoms with Gasteiger partial charge in [-0.3, -0.25) is 4.79 Å². The quantitative estimate of drug-likeness (QED) is 0.358. The summed E-state index contributed by atoms with van der Waals surface area (Å²) in [6.07, 6.45) is 4.44. The summed E-state index contributed by atoms with van der Waals surface area (Å²) in [5.74, 6) is 1.15. The van der Waals surface area contributed by atoms with Crippen LogP contribution < -0.4 is 5.73 Å². The summed E-state index contributed by atoms with van der Waals surface area (Å²) in [4.78, 5) is 14.8. The van der Waals surface area contributed by atoms with Gasteiger partial charge in [-0.15, -0.1) is 0 Å². The van der Waals surface area contributed by atoms with Gasteiger partial charge in [0.05, 0.1) is 0 Å². The van der Waals surface area contributed by atoms with Crippen LogP contribution in [0.1, 0.15) is 39.0 Å². The largest absolute Gasteiger partial charge is 0.409 e. The van der Waals surface area contributed by atoms with E-state index in [1.54, 1.807) is 0 Å². The smallest absolute Gasteiger partial charge is 0.236 e. The lowest BCUT2D eigenvalue weighted by Gasteiger charge is -2.38. The van der Waals surface area contributed by atoms with E-state index in [2.05, 4.69) is 12.1 Å². The molecule has 1 saturated heterocycles. The molecule has 19 heavy (non-hydrogen) atoms. The van der Waals surface area contributed by atoms with Crippen LogP contribution in [0.2, 0.25) is 0 Å². The van der Waals surface area contributed by atoms with Crippen LogP contribution in [0.25, 0.3) is 0 Å². The fourth-order valence-corrected chi connectivity index (χ4v) is 4.29. The number of oxime groups is 1. The molecular weight excluding hydrogens is 262 g/mol. The number of amidine groups is 1. The van der Waals surface area contributed by atoms with Crippen molar-refractivity contribution in [3.63, 3.8) is 0 Å². The van der Waals surface area contributed by atoms with Crippen molar-refractivity contribution in [3.8, 4) is 0 Å². The van der Waals surface area contributed by atoms with Gasteiger partial charge in [0.25, 0.3) is 0 Å². The van der Waals surface area contributed by atoms with E-state index >= 15 is 0 Å². The first-order valence-electron chi connectivity index (χ1n) is 7.03. The maximum atomic E-state index is 12.8. The van der Waals surface area contributed by atoms with Gasteiger partial charge < -0.3 is 15.8 Å². The molecule has 5 nitrogen and oxygen atoms in total. The number of carbonyl (C=O) groups is 1. The minimum absolute atomic E-state index is 0.0686. The average Bonchev–Trinajstić information content (AvgIpc) is 2.96. The molecule has 2 aliphatic rings. The third-order valence-electron chi connectivity index (χ3n) is 4.35. The van der Waals surface area contributed by atoms with E-state index in [4.69, 9.17) is 10.9 Å². The van der Waals surface area contributed by atoms with Crippen molar-refractivity contribution in [2.75, 3.05) is 18.8 Å². The third-order valence-corrected chi connectivity index (χ3v) is 5.72. The minimum atomic E-state index is -0.741. The van der Waals surface area contributed by atoms with Gasteiger partial charge in [-0.1, -0.05) is 24.9 Å². The van der Waals surface area contributed by atoms with E-state index in [-0.39, 0.29) is 11.7 Å². The Morgan fingerprint density at radius 2 is 2.21 bits per heavy atom. The van der Waals surface area contributed by atoms with Gasteiger partial charge in [-0.05, 0) is 19.3 Å². The molecule has 6 heteroatoms.